The molecule has 2 aromatic carbocycles. The molecule has 0 saturated carbocycles. The van der Waals surface area contributed by atoms with Gasteiger partial charge in [-0.15, -0.1) is 0 Å². The monoisotopic (exact) mass is 372 g/mol. The average molecular weight is 373 g/mol. The van der Waals surface area contributed by atoms with Crippen LogP contribution in [0.2, 0.25) is 10.0 Å². The summed E-state index contributed by atoms with van der Waals surface area (Å²) in [6.07, 6.45) is 2.48. The minimum absolute atomic E-state index is 0.0781. The van der Waals surface area contributed by atoms with Gasteiger partial charge in [0, 0.05) is 17.6 Å². The lowest BCUT2D eigenvalue weighted by atomic mass is 10.1. The second-order valence-electron chi connectivity index (χ2n) is 6.20. The van der Waals surface area contributed by atoms with Gasteiger partial charge >= 0.3 is 0 Å². The Balaban J connectivity index is 1.85. The summed E-state index contributed by atoms with van der Waals surface area (Å²) in [7, 11) is 0. The number of carbonyl (C=O) groups is 1. The van der Waals surface area contributed by atoms with Gasteiger partial charge in [0.05, 0.1) is 21.2 Å². The summed E-state index contributed by atoms with van der Waals surface area (Å²) in [6.45, 7) is 2.07. The van der Waals surface area contributed by atoms with Crippen molar-refractivity contribution in [3.63, 3.8) is 0 Å². The molecule has 2 heterocycles. The van der Waals surface area contributed by atoms with Crippen LogP contribution in [-0.4, -0.2) is 10.5 Å². The Labute approximate surface area is 154 Å². The molecule has 0 spiro atoms. The molecule has 6 heteroatoms. The molecule has 25 heavy (non-hydrogen) atoms. The average Bonchev–Trinajstić information content (AvgIpc) is 2.90. The van der Waals surface area contributed by atoms with Gasteiger partial charge in [-0.2, -0.15) is 0 Å². The number of hydrogen-bond acceptors (Lipinski definition) is 2. The number of pyridine rings is 1. The van der Waals surface area contributed by atoms with Gasteiger partial charge in [0.15, 0.2) is 0 Å². The molecule has 0 radical (unpaired) electrons. The molecular weight excluding hydrogens is 359 g/mol. The molecule has 0 saturated heterocycles. The van der Waals surface area contributed by atoms with Crippen LogP contribution in [0.15, 0.2) is 47.4 Å². The van der Waals surface area contributed by atoms with Crippen molar-refractivity contribution in [3.05, 3.63) is 74.0 Å². The maximum absolute atomic E-state index is 12.8. The lowest BCUT2D eigenvalue weighted by Gasteiger charge is -2.13. The first-order valence-corrected chi connectivity index (χ1v) is 8.65. The Kier molecular flexibility index (Phi) is 3.82. The van der Waals surface area contributed by atoms with Crippen LogP contribution in [-0.2, 0) is 6.42 Å². The maximum Gasteiger partial charge on any atom is 0.261 e. The van der Waals surface area contributed by atoms with Crippen molar-refractivity contribution in [2.45, 2.75) is 19.4 Å². The highest BCUT2D eigenvalue weighted by Crippen LogP contribution is 2.32. The number of carbonyl (C=O) groups excluding carboxylic acids is 1. The fraction of sp³-hybridized carbons (Fsp3) is 0.158. The Morgan fingerprint density at radius 3 is 2.56 bits per heavy atom. The van der Waals surface area contributed by atoms with Gasteiger partial charge in [-0.05, 0) is 37.1 Å². The van der Waals surface area contributed by atoms with Crippen LogP contribution in [0.4, 0.5) is 5.69 Å². The first-order valence-electron chi connectivity index (χ1n) is 7.89. The smallest absolute Gasteiger partial charge is 0.261 e. The highest BCUT2D eigenvalue weighted by atomic mass is 35.5. The van der Waals surface area contributed by atoms with E-state index in [1.54, 1.807) is 30.5 Å². The SMILES string of the molecule is CC1Cc2cccc3c(=O)c(C(=O)Nc4c(Cl)cccc4Cl)cn1c23. The van der Waals surface area contributed by atoms with Crippen molar-refractivity contribution in [2.75, 3.05) is 5.32 Å². The lowest BCUT2D eigenvalue weighted by Crippen LogP contribution is -2.24. The fourth-order valence-corrected chi connectivity index (χ4v) is 3.87. The second kappa shape index (κ2) is 5.90. The van der Waals surface area contributed by atoms with E-state index in [9.17, 15) is 9.59 Å². The number of halogens is 2. The third-order valence-corrected chi connectivity index (χ3v) is 5.20. The number of amides is 1. The fourth-order valence-electron chi connectivity index (χ4n) is 3.38. The first-order chi connectivity index (χ1) is 12.0. The molecule has 1 unspecified atom stereocenters. The summed E-state index contributed by atoms with van der Waals surface area (Å²) < 4.78 is 2.00. The molecule has 1 aliphatic heterocycles. The van der Waals surface area contributed by atoms with Crippen molar-refractivity contribution in [3.8, 4) is 0 Å². The normalized spacial score (nSPS) is 15.6. The van der Waals surface area contributed by atoms with E-state index >= 15 is 0 Å². The van der Waals surface area contributed by atoms with Gasteiger partial charge in [0.1, 0.15) is 5.56 Å². The Bertz CT molecular complexity index is 1070. The number of anilines is 1. The van der Waals surface area contributed by atoms with Gasteiger partial charge < -0.3 is 9.88 Å². The summed E-state index contributed by atoms with van der Waals surface area (Å²) in [5, 5.41) is 3.87. The predicted molar refractivity (Wildman–Crippen MR) is 101 cm³/mol. The minimum Gasteiger partial charge on any atom is -0.343 e. The van der Waals surface area contributed by atoms with E-state index in [2.05, 4.69) is 12.2 Å². The summed E-state index contributed by atoms with van der Waals surface area (Å²) in [4.78, 5) is 25.6. The van der Waals surface area contributed by atoms with E-state index in [0.29, 0.717) is 21.1 Å². The molecule has 1 N–H and O–H groups in total. The summed E-state index contributed by atoms with van der Waals surface area (Å²) in [6, 6.07) is 10.8. The van der Waals surface area contributed by atoms with E-state index in [0.717, 1.165) is 17.5 Å². The molecule has 1 atom stereocenters. The van der Waals surface area contributed by atoms with Crippen molar-refractivity contribution in [2.24, 2.45) is 0 Å². The Morgan fingerprint density at radius 1 is 1.16 bits per heavy atom. The van der Waals surface area contributed by atoms with Crippen LogP contribution in [0.1, 0.15) is 28.9 Å². The Morgan fingerprint density at radius 2 is 1.84 bits per heavy atom. The van der Waals surface area contributed by atoms with Crippen LogP contribution in [0.5, 0.6) is 0 Å². The van der Waals surface area contributed by atoms with Crippen molar-refractivity contribution in [1.82, 2.24) is 4.57 Å². The van der Waals surface area contributed by atoms with E-state index in [-0.39, 0.29) is 17.0 Å². The predicted octanol–water partition coefficient (Wildman–Crippen LogP) is 4.68. The van der Waals surface area contributed by atoms with Crippen LogP contribution in [0.3, 0.4) is 0 Å². The zero-order valence-corrected chi connectivity index (χ0v) is 14.9. The highest BCUT2D eigenvalue weighted by molar-refractivity contribution is 6.40. The van der Waals surface area contributed by atoms with Gasteiger partial charge in [-0.3, -0.25) is 9.59 Å². The van der Waals surface area contributed by atoms with E-state index in [4.69, 9.17) is 23.2 Å². The van der Waals surface area contributed by atoms with E-state index in [1.165, 1.54) is 0 Å². The molecule has 0 aliphatic carbocycles. The first kappa shape index (κ1) is 16.2. The molecule has 3 aromatic rings. The number of benzene rings is 2. The highest BCUT2D eigenvalue weighted by Gasteiger charge is 2.24. The van der Waals surface area contributed by atoms with Crippen LogP contribution < -0.4 is 10.7 Å². The van der Waals surface area contributed by atoms with Crippen LogP contribution >= 0.6 is 23.2 Å². The molecule has 0 bridgehead atoms. The Hall–Kier alpha value is -2.30. The third-order valence-electron chi connectivity index (χ3n) is 4.57. The van der Waals surface area contributed by atoms with Crippen molar-refractivity contribution in [1.29, 1.82) is 0 Å². The minimum atomic E-state index is -0.518. The summed E-state index contributed by atoms with van der Waals surface area (Å²) in [5.41, 5.74) is 2.13. The largest absolute Gasteiger partial charge is 0.343 e. The van der Waals surface area contributed by atoms with Crippen LogP contribution in [0, 0.1) is 0 Å². The molecular formula is C19H14Cl2N2O2. The molecule has 4 rings (SSSR count). The number of hydrogen-bond donors (Lipinski definition) is 1. The zero-order chi connectivity index (χ0) is 17.7. The third kappa shape index (κ3) is 2.53. The molecule has 1 aliphatic rings. The second-order valence-corrected chi connectivity index (χ2v) is 7.01. The number of rotatable bonds is 2. The van der Waals surface area contributed by atoms with Crippen LogP contribution in [0.25, 0.3) is 10.9 Å². The summed E-state index contributed by atoms with van der Waals surface area (Å²) in [5.74, 6) is -0.518. The van der Waals surface area contributed by atoms with Gasteiger partial charge in [-0.25, -0.2) is 0 Å². The number of nitrogens with zero attached hydrogens (tertiary/aromatic N) is 1. The molecule has 1 amide bonds. The molecule has 4 nitrogen and oxygen atoms in total. The molecule has 1 aromatic heterocycles. The molecule has 126 valence electrons. The standard InChI is InChI=1S/C19H14Cl2N2O2/c1-10-8-11-4-2-5-12-17(11)23(10)9-13(18(12)24)19(25)22-16-14(20)6-3-7-15(16)21/h2-7,9-10H,8H2,1H3,(H,22,25). The van der Waals surface area contributed by atoms with E-state index < -0.39 is 5.91 Å². The van der Waals surface area contributed by atoms with Crippen molar-refractivity contribution < 1.29 is 4.79 Å². The number of aromatic nitrogens is 1. The lowest BCUT2D eigenvalue weighted by molar-refractivity contribution is 0.102. The zero-order valence-electron chi connectivity index (χ0n) is 13.3. The quantitative estimate of drug-likeness (QED) is 0.709. The van der Waals surface area contributed by atoms with Gasteiger partial charge in [0.25, 0.3) is 5.91 Å². The van der Waals surface area contributed by atoms with E-state index in [1.807, 2.05) is 16.7 Å². The number of nitrogens with one attached hydrogen (secondary N) is 1. The molecule has 0 fully saturated rings. The summed E-state index contributed by atoms with van der Waals surface area (Å²) >= 11 is 12.2. The van der Waals surface area contributed by atoms with Crippen molar-refractivity contribution >= 4 is 45.7 Å². The number of para-hydroxylation sites is 2. The van der Waals surface area contributed by atoms with Gasteiger partial charge in [0.2, 0.25) is 5.43 Å². The van der Waals surface area contributed by atoms with Gasteiger partial charge in [-0.1, -0.05) is 41.4 Å². The topological polar surface area (TPSA) is 51.1 Å². The maximum atomic E-state index is 12.8.